The van der Waals surface area contributed by atoms with Gasteiger partial charge in [0.15, 0.2) is 5.43 Å². The lowest BCUT2D eigenvalue weighted by Gasteiger charge is -2.29. The van der Waals surface area contributed by atoms with Gasteiger partial charge in [0.2, 0.25) is 0 Å². The number of carbonyl (C=O) groups is 1. The Balaban J connectivity index is 1.70. The van der Waals surface area contributed by atoms with Crippen LogP contribution in [0.4, 0.5) is 0 Å². The lowest BCUT2D eigenvalue weighted by Crippen LogP contribution is -2.46. The monoisotopic (exact) mass is 402 g/mol. The van der Waals surface area contributed by atoms with Crippen molar-refractivity contribution in [3.8, 4) is 0 Å². The Labute approximate surface area is 172 Å². The zero-order valence-electron chi connectivity index (χ0n) is 16.7. The van der Waals surface area contributed by atoms with E-state index in [2.05, 4.69) is 24.1 Å². The van der Waals surface area contributed by atoms with E-state index in [1.165, 1.54) is 6.26 Å². The fourth-order valence-corrected chi connectivity index (χ4v) is 4.36. The first-order chi connectivity index (χ1) is 14.4. The van der Waals surface area contributed by atoms with Crippen molar-refractivity contribution in [1.29, 1.82) is 0 Å². The van der Waals surface area contributed by atoms with Crippen LogP contribution >= 0.6 is 0 Å². The molecule has 3 heterocycles. The van der Waals surface area contributed by atoms with Crippen molar-refractivity contribution in [3.63, 3.8) is 0 Å². The average Bonchev–Trinajstić information content (AvgIpc) is 3.12. The SMILES string of the molecule is CC(C)c1ccc2c(=O)c(C3NC(C(=O)O)Cc4c3[nH]c3ccccc43)coc2c1. The Morgan fingerprint density at radius 1 is 1.17 bits per heavy atom. The van der Waals surface area contributed by atoms with Crippen LogP contribution < -0.4 is 10.7 Å². The number of carboxylic acid groups (broad SMARTS) is 1. The summed E-state index contributed by atoms with van der Waals surface area (Å²) in [5, 5.41) is 14.3. The van der Waals surface area contributed by atoms with Gasteiger partial charge in [-0.1, -0.05) is 38.1 Å². The van der Waals surface area contributed by atoms with Crippen LogP contribution in [-0.4, -0.2) is 22.1 Å². The van der Waals surface area contributed by atoms with Crippen molar-refractivity contribution in [2.24, 2.45) is 0 Å². The number of aromatic nitrogens is 1. The summed E-state index contributed by atoms with van der Waals surface area (Å²) in [4.78, 5) is 28.6. The van der Waals surface area contributed by atoms with Gasteiger partial charge in [-0.05, 0) is 35.2 Å². The molecule has 2 unspecified atom stereocenters. The van der Waals surface area contributed by atoms with E-state index in [9.17, 15) is 14.7 Å². The Bertz CT molecular complexity index is 1350. The molecule has 5 rings (SSSR count). The number of carboxylic acids is 1. The van der Waals surface area contributed by atoms with Crippen LogP contribution in [0.2, 0.25) is 0 Å². The molecule has 30 heavy (non-hydrogen) atoms. The summed E-state index contributed by atoms with van der Waals surface area (Å²) < 4.78 is 5.85. The molecule has 1 aliphatic heterocycles. The number of benzene rings is 2. The molecule has 0 radical (unpaired) electrons. The van der Waals surface area contributed by atoms with E-state index in [1.54, 1.807) is 6.07 Å². The minimum atomic E-state index is -0.942. The standard InChI is InChI=1S/C24H22N2O4/c1-12(2)13-7-8-15-20(9-13)30-11-17(23(15)27)22-21-16(10-19(26-22)24(28)29)14-5-3-4-6-18(14)25-21/h3-9,11-12,19,22,25-26H,10H2,1-2H3,(H,28,29). The smallest absolute Gasteiger partial charge is 0.321 e. The second-order valence-corrected chi connectivity index (χ2v) is 8.19. The molecular formula is C24H22N2O4. The molecule has 2 aromatic carbocycles. The number of aliphatic carboxylic acids is 1. The second kappa shape index (κ2) is 6.85. The maximum Gasteiger partial charge on any atom is 0.321 e. The number of hydrogen-bond donors (Lipinski definition) is 3. The van der Waals surface area contributed by atoms with Crippen LogP contribution in [0, 0.1) is 0 Å². The summed E-state index contributed by atoms with van der Waals surface area (Å²) in [5.41, 5.74) is 4.55. The van der Waals surface area contributed by atoms with Crippen LogP contribution in [0.25, 0.3) is 21.9 Å². The summed E-state index contributed by atoms with van der Waals surface area (Å²) >= 11 is 0. The van der Waals surface area contributed by atoms with Crippen LogP contribution in [0.5, 0.6) is 0 Å². The number of fused-ring (bicyclic) bond motifs is 4. The zero-order valence-corrected chi connectivity index (χ0v) is 16.7. The van der Waals surface area contributed by atoms with Crippen molar-refractivity contribution in [3.05, 3.63) is 81.3 Å². The second-order valence-electron chi connectivity index (χ2n) is 8.19. The van der Waals surface area contributed by atoms with Gasteiger partial charge in [-0.3, -0.25) is 14.9 Å². The number of aromatic amines is 1. The van der Waals surface area contributed by atoms with Crippen molar-refractivity contribution in [2.75, 3.05) is 0 Å². The van der Waals surface area contributed by atoms with Gasteiger partial charge >= 0.3 is 5.97 Å². The predicted octanol–water partition coefficient (Wildman–Crippen LogP) is 4.09. The molecule has 0 saturated carbocycles. The molecule has 2 aromatic heterocycles. The first-order valence-electron chi connectivity index (χ1n) is 10.1. The topological polar surface area (TPSA) is 95.3 Å². The summed E-state index contributed by atoms with van der Waals surface area (Å²) in [6, 6.07) is 12.0. The minimum absolute atomic E-state index is 0.153. The number of rotatable bonds is 3. The molecule has 0 aliphatic carbocycles. The highest BCUT2D eigenvalue weighted by atomic mass is 16.4. The van der Waals surface area contributed by atoms with Gasteiger partial charge in [-0.25, -0.2) is 0 Å². The van der Waals surface area contributed by atoms with Crippen molar-refractivity contribution in [2.45, 2.75) is 38.3 Å². The number of hydrogen-bond acceptors (Lipinski definition) is 4. The van der Waals surface area contributed by atoms with Gasteiger partial charge in [-0.2, -0.15) is 0 Å². The lowest BCUT2D eigenvalue weighted by atomic mass is 9.90. The Morgan fingerprint density at radius 2 is 1.97 bits per heavy atom. The average molecular weight is 402 g/mol. The number of para-hydroxylation sites is 1. The van der Waals surface area contributed by atoms with Gasteiger partial charge in [0, 0.05) is 23.0 Å². The molecule has 3 N–H and O–H groups in total. The number of H-pyrrole nitrogens is 1. The summed E-state index contributed by atoms with van der Waals surface area (Å²) in [7, 11) is 0. The molecule has 0 amide bonds. The molecule has 1 aliphatic rings. The fourth-order valence-electron chi connectivity index (χ4n) is 4.36. The van der Waals surface area contributed by atoms with Crippen molar-refractivity contribution >= 4 is 27.8 Å². The van der Waals surface area contributed by atoms with E-state index in [-0.39, 0.29) is 5.43 Å². The quantitative estimate of drug-likeness (QED) is 0.480. The van der Waals surface area contributed by atoms with E-state index in [0.29, 0.717) is 28.9 Å². The van der Waals surface area contributed by atoms with Crippen LogP contribution in [0.1, 0.15) is 48.2 Å². The molecule has 6 heteroatoms. The van der Waals surface area contributed by atoms with E-state index >= 15 is 0 Å². The maximum atomic E-state index is 13.3. The third-order valence-electron chi connectivity index (χ3n) is 6.01. The van der Waals surface area contributed by atoms with E-state index in [0.717, 1.165) is 27.7 Å². The lowest BCUT2D eigenvalue weighted by molar-refractivity contribution is -0.139. The van der Waals surface area contributed by atoms with E-state index < -0.39 is 18.1 Å². The van der Waals surface area contributed by atoms with Gasteiger partial charge < -0.3 is 14.5 Å². The predicted molar refractivity (Wildman–Crippen MR) is 115 cm³/mol. The third-order valence-corrected chi connectivity index (χ3v) is 6.01. The molecular weight excluding hydrogens is 380 g/mol. The summed E-state index contributed by atoms with van der Waals surface area (Å²) in [6.45, 7) is 4.17. The summed E-state index contributed by atoms with van der Waals surface area (Å²) in [6.07, 6.45) is 1.81. The molecule has 2 atom stereocenters. The Morgan fingerprint density at radius 3 is 2.73 bits per heavy atom. The minimum Gasteiger partial charge on any atom is -0.480 e. The molecule has 0 fully saturated rings. The van der Waals surface area contributed by atoms with Crippen LogP contribution in [0.15, 0.2) is 57.9 Å². The van der Waals surface area contributed by atoms with E-state index in [1.807, 2.05) is 36.4 Å². The highest BCUT2D eigenvalue weighted by molar-refractivity contribution is 5.87. The van der Waals surface area contributed by atoms with Gasteiger partial charge in [0.25, 0.3) is 0 Å². The first-order valence-corrected chi connectivity index (χ1v) is 10.1. The molecule has 0 spiro atoms. The highest BCUT2D eigenvalue weighted by Gasteiger charge is 2.35. The van der Waals surface area contributed by atoms with Crippen LogP contribution in [-0.2, 0) is 11.2 Å². The van der Waals surface area contributed by atoms with Crippen molar-refractivity contribution in [1.82, 2.24) is 10.3 Å². The van der Waals surface area contributed by atoms with Gasteiger partial charge in [0.05, 0.1) is 17.0 Å². The number of nitrogens with one attached hydrogen (secondary N) is 2. The fraction of sp³-hybridized carbons (Fsp3) is 0.250. The van der Waals surface area contributed by atoms with Crippen molar-refractivity contribution < 1.29 is 14.3 Å². The van der Waals surface area contributed by atoms with Gasteiger partial charge in [-0.15, -0.1) is 0 Å². The molecule has 4 aromatic rings. The maximum absolute atomic E-state index is 13.3. The van der Waals surface area contributed by atoms with E-state index in [4.69, 9.17) is 4.42 Å². The van der Waals surface area contributed by atoms with Gasteiger partial charge in [0.1, 0.15) is 17.9 Å². The molecule has 0 saturated heterocycles. The molecule has 6 nitrogen and oxygen atoms in total. The Hall–Kier alpha value is -3.38. The zero-order chi connectivity index (χ0) is 21.0. The normalized spacial score (nSPS) is 18.8. The Kier molecular flexibility index (Phi) is 4.25. The first kappa shape index (κ1) is 18.6. The highest BCUT2D eigenvalue weighted by Crippen LogP contribution is 2.35. The molecule has 0 bridgehead atoms. The summed E-state index contributed by atoms with van der Waals surface area (Å²) in [5.74, 6) is -0.618. The molecule has 152 valence electrons. The van der Waals surface area contributed by atoms with Crippen LogP contribution in [0.3, 0.4) is 0 Å². The third kappa shape index (κ3) is 2.83. The largest absolute Gasteiger partial charge is 0.480 e.